The number of amidine groups is 1. The third-order valence-electron chi connectivity index (χ3n) is 3.45. The second-order valence-electron chi connectivity index (χ2n) is 6.21. The van der Waals surface area contributed by atoms with Gasteiger partial charge in [0.25, 0.3) is 0 Å². The molecule has 2 aromatic rings. The normalized spacial score (nSPS) is 12.1. The van der Waals surface area contributed by atoms with Crippen LogP contribution in [0.4, 0.5) is 4.39 Å². The minimum atomic E-state index is -0.371. The number of nitrogens with zero attached hydrogens (tertiary/aromatic N) is 2. The van der Waals surface area contributed by atoms with Crippen LogP contribution in [0.15, 0.2) is 58.7 Å². The van der Waals surface area contributed by atoms with Gasteiger partial charge in [-0.25, -0.2) is 4.39 Å². The second-order valence-corrected chi connectivity index (χ2v) is 7.20. The van der Waals surface area contributed by atoms with Crippen molar-refractivity contribution in [1.82, 2.24) is 0 Å². The van der Waals surface area contributed by atoms with Crippen LogP contribution in [0.1, 0.15) is 31.4 Å². The van der Waals surface area contributed by atoms with E-state index in [0.29, 0.717) is 29.0 Å². The van der Waals surface area contributed by atoms with Gasteiger partial charge in [0, 0.05) is 17.4 Å². The van der Waals surface area contributed by atoms with Crippen LogP contribution in [0.3, 0.4) is 0 Å². The lowest BCUT2D eigenvalue weighted by atomic mass is 10.1. The number of hydrogen-bond acceptors (Lipinski definition) is 4. The van der Waals surface area contributed by atoms with Gasteiger partial charge in [-0.2, -0.15) is 5.10 Å². The quantitative estimate of drug-likeness (QED) is 0.409. The van der Waals surface area contributed by atoms with Crippen LogP contribution in [0.2, 0.25) is 0 Å². The molecule has 0 saturated heterocycles. The average molecular weight is 373 g/mol. The molecule has 0 aromatic heterocycles. The first-order chi connectivity index (χ1) is 12.5. The monoisotopic (exact) mass is 373 g/mol. The SMILES string of the molecule is CC(C)CCOc1cc(F)cc(C=NN=C(N)SCc2ccccc2)c1. The van der Waals surface area contributed by atoms with Gasteiger partial charge in [0.15, 0.2) is 5.17 Å². The van der Waals surface area contributed by atoms with Crippen LogP contribution in [-0.4, -0.2) is 18.0 Å². The van der Waals surface area contributed by atoms with Gasteiger partial charge in [-0.05, 0) is 30.0 Å². The third kappa shape index (κ3) is 7.70. The van der Waals surface area contributed by atoms with E-state index in [1.54, 1.807) is 6.07 Å². The molecular weight excluding hydrogens is 349 g/mol. The van der Waals surface area contributed by atoms with Gasteiger partial charge in [0.05, 0.1) is 12.8 Å². The van der Waals surface area contributed by atoms with Crippen LogP contribution >= 0.6 is 11.8 Å². The Kier molecular flexibility index (Phi) is 8.15. The lowest BCUT2D eigenvalue weighted by Crippen LogP contribution is -2.06. The summed E-state index contributed by atoms with van der Waals surface area (Å²) in [4.78, 5) is 0. The molecule has 2 rings (SSSR count). The fourth-order valence-electron chi connectivity index (χ4n) is 2.07. The van der Waals surface area contributed by atoms with E-state index in [2.05, 4.69) is 24.1 Å². The molecule has 0 aliphatic carbocycles. The lowest BCUT2D eigenvalue weighted by molar-refractivity contribution is 0.288. The zero-order chi connectivity index (χ0) is 18.8. The maximum Gasteiger partial charge on any atom is 0.180 e. The van der Waals surface area contributed by atoms with Crippen molar-refractivity contribution in [2.24, 2.45) is 21.9 Å². The van der Waals surface area contributed by atoms with E-state index in [1.807, 2.05) is 30.3 Å². The molecule has 2 N–H and O–H groups in total. The molecule has 0 atom stereocenters. The van der Waals surface area contributed by atoms with E-state index >= 15 is 0 Å². The molecular formula is C20H24FN3OS. The molecule has 0 bridgehead atoms. The molecule has 0 saturated carbocycles. The smallest absolute Gasteiger partial charge is 0.180 e. The maximum absolute atomic E-state index is 13.7. The molecule has 0 amide bonds. The van der Waals surface area contributed by atoms with Crippen molar-refractivity contribution in [3.05, 3.63) is 65.5 Å². The highest BCUT2D eigenvalue weighted by Crippen LogP contribution is 2.17. The molecule has 0 aliphatic heterocycles. The summed E-state index contributed by atoms with van der Waals surface area (Å²) in [6, 6.07) is 14.4. The summed E-state index contributed by atoms with van der Waals surface area (Å²) in [7, 11) is 0. The predicted molar refractivity (Wildman–Crippen MR) is 108 cm³/mol. The Hall–Kier alpha value is -2.34. The largest absolute Gasteiger partial charge is 0.493 e. The molecule has 0 unspecified atom stereocenters. The van der Waals surface area contributed by atoms with E-state index in [4.69, 9.17) is 10.5 Å². The molecule has 2 aromatic carbocycles. The minimum Gasteiger partial charge on any atom is -0.493 e. The Balaban J connectivity index is 1.90. The predicted octanol–water partition coefficient (Wildman–Crippen LogP) is 4.83. The van der Waals surface area contributed by atoms with Crippen LogP contribution in [0.25, 0.3) is 0 Å². The van der Waals surface area contributed by atoms with Gasteiger partial charge < -0.3 is 10.5 Å². The molecule has 4 nitrogen and oxygen atoms in total. The molecule has 0 fully saturated rings. The van der Waals surface area contributed by atoms with Gasteiger partial charge in [0.2, 0.25) is 0 Å². The highest BCUT2D eigenvalue weighted by molar-refractivity contribution is 8.13. The van der Waals surface area contributed by atoms with E-state index in [1.165, 1.54) is 30.1 Å². The van der Waals surface area contributed by atoms with Crippen molar-refractivity contribution in [2.75, 3.05) is 6.61 Å². The van der Waals surface area contributed by atoms with Crippen molar-refractivity contribution in [3.8, 4) is 5.75 Å². The van der Waals surface area contributed by atoms with Crippen molar-refractivity contribution < 1.29 is 9.13 Å². The van der Waals surface area contributed by atoms with E-state index in [-0.39, 0.29) is 5.82 Å². The molecule has 6 heteroatoms. The summed E-state index contributed by atoms with van der Waals surface area (Å²) in [5.41, 5.74) is 7.58. The summed E-state index contributed by atoms with van der Waals surface area (Å²) in [6.45, 7) is 4.79. The van der Waals surface area contributed by atoms with Crippen LogP contribution in [0.5, 0.6) is 5.75 Å². The summed E-state index contributed by atoms with van der Waals surface area (Å²) < 4.78 is 19.3. The standard InChI is InChI=1S/C20H24FN3OS/c1-15(2)8-9-25-19-11-17(10-18(21)12-19)13-23-24-20(22)26-14-16-6-4-3-5-7-16/h3-7,10-13,15H,8-9,14H2,1-2H3,(H2,22,24). The van der Waals surface area contributed by atoms with Crippen LogP contribution in [0, 0.1) is 11.7 Å². The Morgan fingerprint density at radius 2 is 2.00 bits per heavy atom. The first kappa shape index (κ1) is 20.0. The fourth-order valence-corrected chi connectivity index (χ4v) is 2.68. The number of nitrogens with two attached hydrogens (primary N) is 1. The Labute approximate surface area is 158 Å². The number of hydrogen-bond donors (Lipinski definition) is 1. The minimum absolute atomic E-state index is 0.356. The van der Waals surface area contributed by atoms with Crippen molar-refractivity contribution in [2.45, 2.75) is 26.0 Å². The first-order valence-corrected chi connectivity index (χ1v) is 9.48. The van der Waals surface area contributed by atoms with Gasteiger partial charge in [-0.3, -0.25) is 0 Å². The van der Waals surface area contributed by atoms with Crippen molar-refractivity contribution >= 4 is 23.1 Å². The van der Waals surface area contributed by atoms with Crippen LogP contribution in [-0.2, 0) is 5.75 Å². The summed E-state index contributed by atoms with van der Waals surface area (Å²) in [5, 5.41) is 8.24. The number of benzene rings is 2. The summed E-state index contributed by atoms with van der Waals surface area (Å²) in [6.07, 6.45) is 2.38. The molecule has 26 heavy (non-hydrogen) atoms. The summed E-state index contributed by atoms with van der Waals surface area (Å²) in [5.74, 6) is 1.38. The van der Waals surface area contributed by atoms with Crippen molar-refractivity contribution in [3.63, 3.8) is 0 Å². The highest BCUT2D eigenvalue weighted by atomic mass is 32.2. The number of rotatable bonds is 8. The molecule has 0 radical (unpaired) electrons. The van der Waals surface area contributed by atoms with Gasteiger partial charge >= 0.3 is 0 Å². The van der Waals surface area contributed by atoms with E-state index < -0.39 is 0 Å². The Morgan fingerprint density at radius 1 is 1.23 bits per heavy atom. The van der Waals surface area contributed by atoms with E-state index in [0.717, 1.165) is 17.7 Å². The average Bonchev–Trinajstić information content (AvgIpc) is 2.60. The zero-order valence-corrected chi connectivity index (χ0v) is 15.9. The number of ether oxygens (including phenoxy) is 1. The highest BCUT2D eigenvalue weighted by Gasteiger charge is 2.02. The van der Waals surface area contributed by atoms with Gasteiger partial charge in [-0.1, -0.05) is 55.9 Å². The lowest BCUT2D eigenvalue weighted by Gasteiger charge is -2.08. The first-order valence-electron chi connectivity index (χ1n) is 8.49. The van der Waals surface area contributed by atoms with Gasteiger partial charge in [0.1, 0.15) is 11.6 Å². The third-order valence-corrected chi connectivity index (χ3v) is 4.31. The van der Waals surface area contributed by atoms with E-state index in [9.17, 15) is 4.39 Å². The van der Waals surface area contributed by atoms with Crippen molar-refractivity contribution in [1.29, 1.82) is 0 Å². The molecule has 0 heterocycles. The van der Waals surface area contributed by atoms with Crippen LogP contribution < -0.4 is 10.5 Å². The Morgan fingerprint density at radius 3 is 2.73 bits per heavy atom. The maximum atomic E-state index is 13.7. The molecule has 0 spiro atoms. The topological polar surface area (TPSA) is 60.0 Å². The number of thioether (sulfide) groups is 1. The Bertz CT molecular complexity index is 748. The summed E-state index contributed by atoms with van der Waals surface area (Å²) >= 11 is 1.40. The number of halogens is 1. The molecule has 0 aliphatic rings. The zero-order valence-electron chi connectivity index (χ0n) is 15.1. The van der Waals surface area contributed by atoms with Gasteiger partial charge in [-0.15, -0.1) is 5.10 Å². The molecule has 138 valence electrons. The second kappa shape index (κ2) is 10.6. The fraction of sp³-hybridized carbons (Fsp3) is 0.300.